The summed E-state index contributed by atoms with van der Waals surface area (Å²) in [5.74, 6) is 0. The smallest absolute Gasteiger partial charge is 0 e. The molecule has 0 aromatic carbocycles. The maximum atomic E-state index is 0. The fraction of sp³-hybridized carbons (Fsp3) is 0. The average molecular weight is 826 g/mol. The number of hydrogen-bond donors (Lipinski definition) is 0. The minimum absolute atomic E-state index is 0. The summed E-state index contributed by atoms with van der Waals surface area (Å²) in [6, 6.07) is 0. The molecule has 0 aromatic heterocycles. The molecule has 0 rings (SSSR count). The largest absolute Gasteiger partial charge is 0 e. The molecule has 0 nitrogen and oxygen atoms in total. The van der Waals surface area contributed by atoms with E-state index in [4.69, 9.17) is 0 Å². The first-order valence-electron chi connectivity index (χ1n) is 0. The van der Waals surface area contributed by atoms with Gasteiger partial charge in [-0.2, -0.15) is 0 Å². The van der Waals surface area contributed by atoms with E-state index in [1.165, 1.54) is 0 Å². The van der Waals surface area contributed by atoms with Gasteiger partial charge < -0.3 is 0 Å². The Balaban J connectivity index is 0. The van der Waals surface area contributed by atoms with Gasteiger partial charge >= 0.3 is 0 Å². The summed E-state index contributed by atoms with van der Waals surface area (Å²) in [5, 5.41) is 0. The molecule has 0 aliphatic carbocycles. The van der Waals surface area contributed by atoms with Gasteiger partial charge in [0.1, 0.15) is 0 Å². The molecule has 13 heavy (non-hydrogen) atoms. The summed E-state index contributed by atoms with van der Waals surface area (Å²) in [4.78, 5) is 0. The predicted octanol–water partition coefficient (Wildman–Crippen LogP) is -0.0325. The Kier molecular flexibility index (Phi) is 1520. The third-order valence-corrected chi connectivity index (χ3v) is 0. The van der Waals surface area contributed by atoms with Crippen molar-refractivity contribution < 1.29 is 222 Å². The normalized spacial score (nSPS) is 0. The van der Waals surface area contributed by atoms with E-state index in [1.54, 1.807) is 0 Å². The standard InChI is InChI=1S/13Cu. The monoisotopic (exact) mass is 818 g/mol. The van der Waals surface area contributed by atoms with Crippen LogP contribution in [0.5, 0.6) is 0 Å². The predicted molar refractivity (Wildman–Crippen MR) is 0 cm³/mol. The molecule has 0 amide bonds. The molecule has 0 bridgehead atoms. The summed E-state index contributed by atoms with van der Waals surface area (Å²) in [6.45, 7) is 0. The van der Waals surface area contributed by atoms with E-state index < -0.39 is 0 Å². The Hall–Kier alpha value is 6.75. The van der Waals surface area contributed by atoms with Gasteiger partial charge in [0.15, 0.2) is 0 Å². The van der Waals surface area contributed by atoms with E-state index in [2.05, 4.69) is 0 Å². The minimum Gasteiger partial charge on any atom is 0 e. The molecule has 13 radical (unpaired) electrons. The third kappa shape index (κ3) is 115. The molecule has 0 aliphatic heterocycles. The van der Waals surface area contributed by atoms with Crippen LogP contribution in [0.15, 0.2) is 0 Å². The van der Waals surface area contributed by atoms with Crippen molar-refractivity contribution in [2.24, 2.45) is 0 Å². The maximum Gasteiger partial charge on any atom is 0 e. The quantitative estimate of drug-likeness (QED) is 0.302. The molecule has 143 valence electrons. The Morgan fingerprint density at radius 1 is 0.0769 bits per heavy atom. The molecule has 0 aromatic rings. The van der Waals surface area contributed by atoms with Crippen LogP contribution in [0.2, 0.25) is 0 Å². The molecule has 0 fully saturated rings. The summed E-state index contributed by atoms with van der Waals surface area (Å²) >= 11 is 0. The van der Waals surface area contributed by atoms with Gasteiger partial charge in [-0.15, -0.1) is 0 Å². The van der Waals surface area contributed by atoms with Crippen LogP contribution in [0, 0.1) is 0 Å². The fourth-order valence-electron chi connectivity index (χ4n) is 0. The van der Waals surface area contributed by atoms with Crippen LogP contribution in [0.4, 0.5) is 0 Å². The van der Waals surface area contributed by atoms with Crippen molar-refractivity contribution >= 4 is 0 Å². The molecule has 0 saturated carbocycles. The van der Waals surface area contributed by atoms with Crippen molar-refractivity contribution in [3.63, 3.8) is 0 Å². The van der Waals surface area contributed by atoms with Crippen LogP contribution in [0.25, 0.3) is 0 Å². The van der Waals surface area contributed by atoms with Crippen molar-refractivity contribution in [1.82, 2.24) is 0 Å². The average Bonchev–Trinajstić information content (AvgIpc) is 0. The van der Waals surface area contributed by atoms with Crippen LogP contribution in [0.1, 0.15) is 0 Å². The Labute approximate surface area is 217 Å². The first-order valence-corrected chi connectivity index (χ1v) is 0. The molecule has 0 aliphatic rings. The molecule has 0 N–H and O–H groups in total. The van der Waals surface area contributed by atoms with Gasteiger partial charge in [0.2, 0.25) is 0 Å². The second-order valence-electron chi connectivity index (χ2n) is 0. The maximum absolute atomic E-state index is 0. The van der Waals surface area contributed by atoms with Crippen molar-refractivity contribution in [3.05, 3.63) is 0 Å². The van der Waals surface area contributed by atoms with Gasteiger partial charge in [0, 0.05) is 222 Å². The minimum atomic E-state index is 0. The second kappa shape index (κ2) is 130. The molecular formula is Cu13. The summed E-state index contributed by atoms with van der Waals surface area (Å²) in [7, 11) is 0. The van der Waals surface area contributed by atoms with Gasteiger partial charge in [-0.25, -0.2) is 0 Å². The van der Waals surface area contributed by atoms with Crippen LogP contribution in [-0.4, -0.2) is 0 Å². The summed E-state index contributed by atoms with van der Waals surface area (Å²) < 4.78 is 0. The zero-order valence-corrected chi connectivity index (χ0v) is 16.2. The van der Waals surface area contributed by atoms with Crippen molar-refractivity contribution in [1.29, 1.82) is 0 Å². The summed E-state index contributed by atoms with van der Waals surface area (Å²) in [5.41, 5.74) is 0. The van der Waals surface area contributed by atoms with E-state index in [1.807, 2.05) is 0 Å². The Morgan fingerprint density at radius 3 is 0.0769 bits per heavy atom. The van der Waals surface area contributed by atoms with Crippen molar-refractivity contribution in [2.45, 2.75) is 0 Å². The molecule has 0 spiro atoms. The van der Waals surface area contributed by atoms with E-state index >= 15 is 0 Å². The van der Waals surface area contributed by atoms with Gasteiger partial charge in [-0.3, -0.25) is 0 Å². The van der Waals surface area contributed by atoms with Gasteiger partial charge in [0.25, 0.3) is 0 Å². The molecule has 0 heterocycles. The Morgan fingerprint density at radius 2 is 0.0769 bits per heavy atom. The fourth-order valence-corrected chi connectivity index (χ4v) is 0. The van der Waals surface area contributed by atoms with Gasteiger partial charge in [-0.05, 0) is 0 Å². The van der Waals surface area contributed by atoms with Gasteiger partial charge in [-0.1, -0.05) is 0 Å². The summed E-state index contributed by atoms with van der Waals surface area (Å²) in [6.07, 6.45) is 0. The zero-order valence-electron chi connectivity index (χ0n) is 3.92. The zero-order chi connectivity index (χ0) is 0. The SMILES string of the molecule is [Cu].[Cu].[Cu].[Cu].[Cu].[Cu].[Cu].[Cu].[Cu].[Cu].[Cu].[Cu].[Cu]. The van der Waals surface area contributed by atoms with Crippen molar-refractivity contribution in [2.75, 3.05) is 0 Å². The van der Waals surface area contributed by atoms with Crippen LogP contribution in [-0.2, 0) is 222 Å². The van der Waals surface area contributed by atoms with E-state index in [-0.39, 0.29) is 222 Å². The molecule has 0 unspecified atom stereocenters. The Bertz CT molecular complexity index is 0. The molecule has 13 heteroatoms. The van der Waals surface area contributed by atoms with Crippen LogP contribution < -0.4 is 0 Å². The van der Waals surface area contributed by atoms with Gasteiger partial charge in [0.05, 0.1) is 0 Å². The first-order chi connectivity index (χ1) is 0. The number of rotatable bonds is 0. The van der Waals surface area contributed by atoms with Crippen molar-refractivity contribution in [3.8, 4) is 0 Å². The number of hydrogen-bond acceptors (Lipinski definition) is 0. The molecular weight excluding hydrogens is 826 g/mol. The third-order valence-electron chi connectivity index (χ3n) is 0. The van der Waals surface area contributed by atoms with Crippen LogP contribution >= 0.6 is 0 Å². The van der Waals surface area contributed by atoms with E-state index in [0.29, 0.717) is 0 Å². The van der Waals surface area contributed by atoms with E-state index in [9.17, 15) is 0 Å². The first kappa shape index (κ1) is 152. The molecule has 0 atom stereocenters. The second-order valence-corrected chi connectivity index (χ2v) is 0. The van der Waals surface area contributed by atoms with E-state index in [0.717, 1.165) is 0 Å². The topological polar surface area (TPSA) is 0 Å². The molecule has 0 saturated heterocycles. The van der Waals surface area contributed by atoms with Crippen LogP contribution in [0.3, 0.4) is 0 Å².